The Morgan fingerprint density at radius 2 is 1.29 bits per heavy atom. The number of methoxy groups -OCH3 is 2. The van der Waals surface area contributed by atoms with Crippen LogP contribution in [0, 0.1) is 0 Å². The van der Waals surface area contributed by atoms with Crippen LogP contribution in [-0.4, -0.2) is 86.1 Å². The van der Waals surface area contributed by atoms with E-state index in [0.717, 1.165) is 44.8 Å². The van der Waals surface area contributed by atoms with E-state index in [9.17, 15) is 14.4 Å². The number of nitrogens with one attached hydrogen (secondary N) is 1. The Hall–Kier alpha value is -4.21. The second-order valence-corrected chi connectivity index (χ2v) is 12.1. The number of amides is 1. The molecule has 0 radical (unpaired) electrons. The highest BCUT2D eigenvalue weighted by Crippen LogP contribution is 2.27. The smallest absolute Gasteiger partial charge is 0.251 e. The van der Waals surface area contributed by atoms with Gasteiger partial charge in [0.05, 0.1) is 25.3 Å². The molecule has 2 fully saturated rings. The summed E-state index contributed by atoms with van der Waals surface area (Å²) in [7, 11) is 3.23. The summed E-state index contributed by atoms with van der Waals surface area (Å²) in [4.78, 5) is 45.2. The fourth-order valence-corrected chi connectivity index (χ4v) is 6.65. The summed E-state index contributed by atoms with van der Waals surface area (Å²) in [5, 5.41) is 3.91. The van der Waals surface area contributed by atoms with E-state index in [0.29, 0.717) is 63.9 Å². The first-order valence-electron chi connectivity index (χ1n) is 16.0. The van der Waals surface area contributed by atoms with Gasteiger partial charge >= 0.3 is 0 Å². The Kier molecular flexibility index (Phi) is 9.47. The van der Waals surface area contributed by atoms with Crippen molar-refractivity contribution in [2.45, 2.75) is 38.6 Å². The minimum atomic E-state index is -0.203. The van der Waals surface area contributed by atoms with Gasteiger partial charge in [0.25, 0.3) is 5.91 Å². The molecule has 1 aromatic heterocycles. The molecule has 9 heteroatoms. The number of nitrogens with zero attached hydrogens (tertiary/aromatic N) is 3. The largest absolute Gasteiger partial charge is 0.497 e. The van der Waals surface area contributed by atoms with Crippen LogP contribution in [0.2, 0.25) is 0 Å². The van der Waals surface area contributed by atoms with E-state index in [1.54, 1.807) is 32.4 Å². The van der Waals surface area contributed by atoms with Gasteiger partial charge in [-0.15, -0.1) is 0 Å². The van der Waals surface area contributed by atoms with E-state index in [-0.39, 0.29) is 17.1 Å². The van der Waals surface area contributed by atoms with Crippen LogP contribution in [0.3, 0.4) is 0 Å². The fourth-order valence-electron chi connectivity index (χ4n) is 6.65. The minimum absolute atomic E-state index is 0.0264. The maximum Gasteiger partial charge on any atom is 0.251 e. The van der Waals surface area contributed by atoms with Crippen molar-refractivity contribution < 1.29 is 19.1 Å². The molecule has 0 unspecified atom stereocenters. The van der Waals surface area contributed by atoms with Gasteiger partial charge in [-0.1, -0.05) is 0 Å². The summed E-state index contributed by atoms with van der Waals surface area (Å²) in [6, 6.07) is 16.4. The first-order chi connectivity index (χ1) is 21.9. The number of ketones is 1. The molecule has 6 rings (SSSR count). The number of ether oxygens (including phenoxy) is 2. The number of hydrogen-bond donors (Lipinski definition) is 1. The average molecular weight is 611 g/mol. The molecule has 3 aromatic carbocycles. The van der Waals surface area contributed by atoms with Crippen molar-refractivity contribution in [2.24, 2.45) is 0 Å². The number of aromatic nitrogens is 1. The first kappa shape index (κ1) is 30.8. The topological polar surface area (TPSA) is 93.1 Å². The van der Waals surface area contributed by atoms with Crippen LogP contribution in [0.5, 0.6) is 11.5 Å². The molecule has 9 nitrogen and oxygen atoms in total. The number of carbonyl (C=O) groups excluding carboxylic acids is 2. The van der Waals surface area contributed by atoms with E-state index >= 15 is 0 Å². The highest BCUT2D eigenvalue weighted by molar-refractivity contribution is 6.03. The van der Waals surface area contributed by atoms with Crippen LogP contribution in [0.25, 0.3) is 21.8 Å². The van der Waals surface area contributed by atoms with Crippen molar-refractivity contribution in [3.63, 3.8) is 0 Å². The van der Waals surface area contributed by atoms with Gasteiger partial charge in [-0.2, -0.15) is 0 Å². The van der Waals surface area contributed by atoms with Crippen molar-refractivity contribution in [3.05, 3.63) is 81.5 Å². The zero-order valence-corrected chi connectivity index (χ0v) is 26.3. The number of fused-ring (bicyclic) bond motifs is 2. The molecular weight excluding hydrogens is 568 g/mol. The lowest BCUT2D eigenvalue weighted by atomic mass is 10.0. The first-order valence-corrected chi connectivity index (χ1v) is 16.0. The maximum absolute atomic E-state index is 14.1. The molecule has 2 saturated heterocycles. The van der Waals surface area contributed by atoms with Crippen LogP contribution in [0.4, 0.5) is 0 Å². The molecule has 236 valence electrons. The molecule has 0 bridgehead atoms. The van der Waals surface area contributed by atoms with Crippen LogP contribution >= 0.6 is 0 Å². The number of likely N-dealkylation sites (tertiary alicyclic amines) is 2. The third-order valence-electron chi connectivity index (χ3n) is 9.17. The third kappa shape index (κ3) is 6.89. The van der Waals surface area contributed by atoms with E-state index in [4.69, 9.17) is 9.47 Å². The zero-order valence-electron chi connectivity index (χ0n) is 26.3. The predicted octanol–water partition coefficient (Wildman–Crippen LogP) is 4.71. The number of Topliss-reactive ketones (excluding diaryl/α,β-unsaturated/α-hetero) is 1. The average Bonchev–Trinajstić information content (AvgIpc) is 3.80. The Bertz CT molecular complexity index is 1750. The predicted molar refractivity (Wildman–Crippen MR) is 177 cm³/mol. The van der Waals surface area contributed by atoms with Crippen LogP contribution in [0.1, 0.15) is 58.4 Å². The third-order valence-corrected chi connectivity index (χ3v) is 9.17. The zero-order chi connectivity index (χ0) is 31.3. The molecule has 1 N–H and O–H groups in total. The second-order valence-electron chi connectivity index (χ2n) is 12.1. The normalized spacial score (nSPS) is 15.6. The summed E-state index contributed by atoms with van der Waals surface area (Å²) in [5.74, 6) is 1.15. The lowest BCUT2D eigenvalue weighted by Crippen LogP contribution is -2.33. The number of benzene rings is 3. The standard InChI is InChI=1S/C36H42N4O5/c1-44-28-19-25(20-29(23-28)45-2)24-40-32-9-7-26(34(41)11-17-38-13-3-4-14-38)21-30(32)35(42)31-22-27(8-10-33(31)40)36(43)37-12-18-39-15-5-6-16-39/h7-10,19-23H,3-6,11-18,24H2,1-2H3,(H,37,43). The van der Waals surface area contributed by atoms with Crippen molar-refractivity contribution in [2.75, 3.05) is 60.0 Å². The minimum Gasteiger partial charge on any atom is -0.497 e. The van der Waals surface area contributed by atoms with Crippen molar-refractivity contribution in [1.29, 1.82) is 0 Å². The lowest BCUT2D eigenvalue weighted by molar-refractivity contribution is 0.0947. The number of hydrogen-bond acceptors (Lipinski definition) is 7. The summed E-state index contributed by atoms with van der Waals surface area (Å²) in [6.45, 7) is 6.72. The molecule has 45 heavy (non-hydrogen) atoms. The highest BCUT2D eigenvalue weighted by Gasteiger charge is 2.19. The maximum atomic E-state index is 14.1. The molecule has 4 aromatic rings. The summed E-state index contributed by atoms with van der Waals surface area (Å²) < 4.78 is 13.1. The number of rotatable bonds is 12. The summed E-state index contributed by atoms with van der Waals surface area (Å²) >= 11 is 0. The van der Waals surface area contributed by atoms with E-state index in [2.05, 4.69) is 19.7 Å². The van der Waals surface area contributed by atoms with Gasteiger partial charge in [-0.05, 0) is 106 Å². The lowest BCUT2D eigenvalue weighted by Gasteiger charge is -2.18. The fraction of sp³-hybridized carbons (Fsp3) is 0.417. The molecule has 0 saturated carbocycles. The van der Waals surface area contributed by atoms with Gasteiger partial charge in [-0.25, -0.2) is 0 Å². The summed E-state index contributed by atoms with van der Waals surface area (Å²) in [5.41, 5.74) is 3.12. The van der Waals surface area contributed by atoms with Crippen molar-refractivity contribution >= 4 is 33.5 Å². The van der Waals surface area contributed by atoms with Gasteiger partial charge < -0.3 is 29.2 Å². The number of carbonyl (C=O) groups is 2. The van der Waals surface area contributed by atoms with Gasteiger partial charge in [0.2, 0.25) is 0 Å². The SMILES string of the molecule is COc1cc(Cn2c3ccc(C(=O)CCN4CCCC4)cc3c(=O)c3cc(C(=O)NCCN4CCCC4)ccc32)cc(OC)c1. The molecule has 1 amide bonds. The molecule has 0 spiro atoms. The van der Waals surface area contributed by atoms with E-state index in [1.807, 2.05) is 36.4 Å². The molecule has 0 atom stereocenters. The van der Waals surface area contributed by atoms with Gasteiger partial charge in [0.1, 0.15) is 11.5 Å². The van der Waals surface area contributed by atoms with Crippen LogP contribution in [-0.2, 0) is 6.54 Å². The molecular formula is C36H42N4O5. The molecule has 2 aliphatic rings. The van der Waals surface area contributed by atoms with E-state index < -0.39 is 0 Å². The van der Waals surface area contributed by atoms with Gasteiger partial charge in [0.15, 0.2) is 11.2 Å². The quantitative estimate of drug-likeness (QED) is 0.183. The van der Waals surface area contributed by atoms with Crippen LogP contribution in [0.15, 0.2) is 59.4 Å². The highest BCUT2D eigenvalue weighted by atomic mass is 16.5. The van der Waals surface area contributed by atoms with Gasteiger partial charge in [0, 0.05) is 60.6 Å². The Morgan fingerprint density at radius 1 is 0.733 bits per heavy atom. The molecule has 3 heterocycles. The van der Waals surface area contributed by atoms with Crippen LogP contribution < -0.4 is 20.2 Å². The molecule has 2 aliphatic heterocycles. The van der Waals surface area contributed by atoms with Crippen molar-refractivity contribution in [1.82, 2.24) is 19.7 Å². The molecule has 0 aliphatic carbocycles. The van der Waals surface area contributed by atoms with E-state index in [1.165, 1.54) is 25.7 Å². The summed E-state index contributed by atoms with van der Waals surface area (Å²) in [6.07, 6.45) is 5.17. The van der Waals surface area contributed by atoms with Crippen molar-refractivity contribution in [3.8, 4) is 11.5 Å². The Balaban J connectivity index is 1.38. The second kappa shape index (κ2) is 13.8. The Morgan fingerprint density at radius 3 is 1.89 bits per heavy atom. The van der Waals surface area contributed by atoms with Gasteiger partial charge in [-0.3, -0.25) is 14.4 Å². The number of pyridine rings is 1. The monoisotopic (exact) mass is 610 g/mol. The Labute approximate surface area is 263 Å².